The summed E-state index contributed by atoms with van der Waals surface area (Å²) in [5, 5.41) is 11.6. The van der Waals surface area contributed by atoms with Crippen molar-refractivity contribution in [1.29, 1.82) is 0 Å². The molecule has 0 aromatic heterocycles. The third kappa shape index (κ3) is 5.12. The summed E-state index contributed by atoms with van der Waals surface area (Å²) in [5.41, 5.74) is 4.39. The molecule has 3 aromatic carbocycles. The maximum atomic E-state index is 13.5. The SMILES string of the molecule is CCc1ccc(N2C(=O)C(=O)/C(=C(/O)c3cc(C(C)(C)C)ccc3C)C2c2ccc(OC(C)=O)cc2)cc1. The van der Waals surface area contributed by atoms with Gasteiger partial charge in [-0.15, -0.1) is 0 Å². The summed E-state index contributed by atoms with van der Waals surface area (Å²) in [6.45, 7) is 11.4. The van der Waals surface area contributed by atoms with Crippen LogP contribution in [0.4, 0.5) is 5.69 Å². The number of benzene rings is 3. The fourth-order valence-corrected chi connectivity index (χ4v) is 4.68. The number of carbonyl (C=O) groups excluding carboxylic acids is 3. The molecule has 38 heavy (non-hydrogen) atoms. The van der Waals surface area contributed by atoms with E-state index in [1.54, 1.807) is 24.3 Å². The topological polar surface area (TPSA) is 83.9 Å². The highest BCUT2D eigenvalue weighted by molar-refractivity contribution is 6.51. The Morgan fingerprint density at radius 1 is 0.974 bits per heavy atom. The van der Waals surface area contributed by atoms with Crippen LogP contribution in [0.25, 0.3) is 5.76 Å². The molecule has 3 aromatic rings. The van der Waals surface area contributed by atoms with E-state index in [4.69, 9.17) is 4.74 Å². The second-order valence-corrected chi connectivity index (χ2v) is 10.6. The van der Waals surface area contributed by atoms with Crippen LogP contribution in [0.5, 0.6) is 5.75 Å². The first kappa shape index (κ1) is 26.9. The van der Waals surface area contributed by atoms with Crippen LogP contribution in [0.3, 0.4) is 0 Å². The highest BCUT2D eigenvalue weighted by atomic mass is 16.5. The number of hydrogen-bond donors (Lipinski definition) is 1. The predicted octanol–water partition coefficient (Wildman–Crippen LogP) is 6.41. The number of ketones is 1. The number of aliphatic hydroxyl groups excluding tert-OH is 1. The van der Waals surface area contributed by atoms with Crippen LogP contribution in [-0.2, 0) is 26.2 Å². The minimum atomic E-state index is -0.869. The Bertz CT molecular complexity index is 1430. The van der Waals surface area contributed by atoms with E-state index in [0.29, 0.717) is 22.6 Å². The molecule has 6 heteroatoms. The highest BCUT2D eigenvalue weighted by Crippen LogP contribution is 2.43. The van der Waals surface area contributed by atoms with Gasteiger partial charge in [-0.2, -0.15) is 0 Å². The number of rotatable bonds is 5. The highest BCUT2D eigenvalue weighted by Gasteiger charge is 2.47. The Hall–Kier alpha value is -4.19. The summed E-state index contributed by atoms with van der Waals surface area (Å²) in [6.07, 6.45) is 0.837. The molecule has 1 aliphatic rings. The Balaban J connectivity index is 1.93. The molecule has 1 aliphatic heterocycles. The van der Waals surface area contributed by atoms with Gasteiger partial charge in [-0.3, -0.25) is 19.3 Å². The first-order valence-corrected chi connectivity index (χ1v) is 12.7. The first-order chi connectivity index (χ1) is 17.9. The lowest BCUT2D eigenvalue weighted by Gasteiger charge is -2.26. The molecule has 1 unspecified atom stereocenters. The Labute approximate surface area is 223 Å². The number of amides is 1. The fourth-order valence-electron chi connectivity index (χ4n) is 4.68. The standard InChI is InChI=1S/C32H33NO5/c1-7-21-9-14-24(15-10-21)33-28(22-11-16-25(17-12-22)38-20(3)34)27(30(36)31(33)37)29(35)26-18-23(32(4,5)6)13-8-19(26)2/h8-18,28,35H,7H2,1-6H3/b29-27+. The fraction of sp³-hybridized carbons (Fsp3) is 0.281. The second kappa shape index (κ2) is 10.3. The van der Waals surface area contributed by atoms with Crippen LogP contribution in [0.2, 0.25) is 0 Å². The van der Waals surface area contributed by atoms with E-state index < -0.39 is 23.7 Å². The van der Waals surface area contributed by atoms with Crippen molar-refractivity contribution in [2.75, 3.05) is 4.90 Å². The molecule has 0 radical (unpaired) electrons. The Morgan fingerprint density at radius 2 is 1.61 bits per heavy atom. The first-order valence-electron chi connectivity index (χ1n) is 12.7. The molecule has 1 atom stereocenters. The van der Waals surface area contributed by atoms with Crippen molar-refractivity contribution in [1.82, 2.24) is 0 Å². The van der Waals surface area contributed by atoms with Crippen LogP contribution in [0, 0.1) is 6.92 Å². The van der Waals surface area contributed by atoms with Gasteiger partial charge in [-0.25, -0.2) is 0 Å². The maximum absolute atomic E-state index is 13.5. The van der Waals surface area contributed by atoms with E-state index in [1.807, 2.05) is 56.3 Å². The van der Waals surface area contributed by atoms with Gasteiger partial charge in [0, 0.05) is 18.2 Å². The van der Waals surface area contributed by atoms with E-state index in [9.17, 15) is 19.5 Å². The summed E-state index contributed by atoms with van der Waals surface area (Å²) in [7, 11) is 0. The zero-order valence-corrected chi connectivity index (χ0v) is 22.7. The molecule has 1 saturated heterocycles. The summed E-state index contributed by atoms with van der Waals surface area (Å²) >= 11 is 0. The van der Waals surface area contributed by atoms with Crippen LogP contribution < -0.4 is 9.64 Å². The summed E-state index contributed by atoms with van der Waals surface area (Å²) in [4.78, 5) is 39.8. The number of aliphatic hydroxyl groups is 1. The van der Waals surface area contributed by atoms with Crippen molar-refractivity contribution in [2.45, 2.75) is 59.4 Å². The number of nitrogens with zero attached hydrogens (tertiary/aromatic N) is 1. The van der Waals surface area contributed by atoms with Gasteiger partial charge in [0.15, 0.2) is 0 Å². The van der Waals surface area contributed by atoms with Gasteiger partial charge in [0.2, 0.25) is 0 Å². The van der Waals surface area contributed by atoms with Crippen LogP contribution in [0.15, 0.2) is 72.3 Å². The quantitative estimate of drug-likeness (QED) is 0.141. The Kier molecular flexibility index (Phi) is 7.27. The van der Waals surface area contributed by atoms with E-state index >= 15 is 0 Å². The van der Waals surface area contributed by atoms with Gasteiger partial charge in [0.25, 0.3) is 11.7 Å². The lowest BCUT2D eigenvalue weighted by molar-refractivity contribution is -0.132. The number of Topliss-reactive ketones (excluding diaryl/α,β-unsaturated/α-hetero) is 1. The van der Waals surface area contributed by atoms with Gasteiger partial charge in [0.05, 0.1) is 11.6 Å². The zero-order valence-electron chi connectivity index (χ0n) is 22.7. The van der Waals surface area contributed by atoms with Crippen LogP contribution in [0.1, 0.15) is 68.5 Å². The summed E-state index contributed by atoms with van der Waals surface area (Å²) in [5.74, 6) is -1.78. The molecule has 1 heterocycles. The number of ether oxygens (including phenoxy) is 1. The average Bonchev–Trinajstić information content (AvgIpc) is 3.13. The van der Waals surface area contributed by atoms with Crippen molar-refractivity contribution in [3.63, 3.8) is 0 Å². The molecule has 0 saturated carbocycles. The maximum Gasteiger partial charge on any atom is 0.308 e. The van der Waals surface area contributed by atoms with Crippen molar-refractivity contribution in [3.05, 3.63) is 100 Å². The number of aryl methyl sites for hydroxylation is 2. The van der Waals surface area contributed by atoms with Crippen molar-refractivity contribution < 1.29 is 24.2 Å². The average molecular weight is 512 g/mol. The summed E-state index contributed by atoms with van der Waals surface area (Å²) < 4.78 is 5.17. The summed E-state index contributed by atoms with van der Waals surface area (Å²) in [6, 6.07) is 19.0. The third-order valence-electron chi connectivity index (χ3n) is 6.88. The van der Waals surface area contributed by atoms with Gasteiger partial charge in [-0.1, -0.05) is 64.1 Å². The van der Waals surface area contributed by atoms with Crippen molar-refractivity contribution in [2.24, 2.45) is 0 Å². The molecule has 1 fully saturated rings. The van der Waals surface area contributed by atoms with Crippen molar-refractivity contribution in [3.8, 4) is 5.75 Å². The van der Waals surface area contributed by atoms with Gasteiger partial charge in [-0.05, 0) is 71.3 Å². The number of carbonyl (C=O) groups is 3. The molecule has 6 nitrogen and oxygen atoms in total. The normalized spacial score (nSPS) is 17.1. The Morgan fingerprint density at radius 3 is 2.16 bits per heavy atom. The minimum absolute atomic E-state index is 0.0176. The molecule has 1 amide bonds. The van der Waals surface area contributed by atoms with Gasteiger partial charge >= 0.3 is 5.97 Å². The number of hydrogen-bond acceptors (Lipinski definition) is 5. The lowest BCUT2D eigenvalue weighted by Crippen LogP contribution is -2.29. The van der Waals surface area contributed by atoms with Crippen LogP contribution >= 0.6 is 0 Å². The second-order valence-electron chi connectivity index (χ2n) is 10.6. The number of anilines is 1. The van der Waals surface area contributed by atoms with E-state index in [0.717, 1.165) is 23.1 Å². The molecule has 1 N–H and O–H groups in total. The third-order valence-corrected chi connectivity index (χ3v) is 6.88. The molecule has 0 aliphatic carbocycles. The molecular formula is C32H33NO5. The van der Waals surface area contributed by atoms with Crippen LogP contribution in [-0.4, -0.2) is 22.8 Å². The molecule has 0 spiro atoms. The zero-order chi connectivity index (χ0) is 27.8. The van der Waals surface area contributed by atoms with E-state index in [2.05, 4.69) is 20.8 Å². The minimum Gasteiger partial charge on any atom is -0.507 e. The molecule has 0 bridgehead atoms. The van der Waals surface area contributed by atoms with Gasteiger partial charge in [0.1, 0.15) is 11.5 Å². The molecule has 196 valence electrons. The largest absolute Gasteiger partial charge is 0.507 e. The number of esters is 1. The van der Waals surface area contributed by atoms with E-state index in [1.165, 1.54) is 11.8 Å². The smallest absolute Gasteiger partial charge is 0.308 e. The monoisotopic (exact) mass is 511 g/mol. The molecular weight excluding hydrogens is 478 g/mol. The lowest BCUT2D eigenvalue weighted by atomic mass is 9.84. The molecule has 4 rings (SSSR count). The van der Waals surface area contributed by atoms with Crippen molar-refractivity contribution >= 4 is 29.1 Å². The predicted molar refractivity (Wildman–Crippen MR) is 148 cm³/mol. The van der Waals surface area contributed by atoms with E-state index in [-0.39, 0.29) is 16.7 Å². The van der Waals surface area contributed by atoms with Gasteiger partial charge < -0.3 is 9.84 Å².